The number of anilines is 1. The molecule has 10 heteroatoms. The highest BCUT2D eigenvalue weighted by molar-refractivity contribution is 6.62. The number of amides is 1. The average molecular weight is 393 g/mol. The summed E-state index contributed by atoms with van der Waals surface area (Å²) >= 11 is 0. The molecular formula is C18H19BF3N3O3. The molecule has 1 N–H and O–H groups in total. The lowest BCUT2D eigenvalue weighted by Crippen LogP contribution is -2.41. The third-order valence-electron chi connectivity index (χ3n) is 4.87. The summed E-state index contributed by atoms with van der Waals surface area (Å²) < 4.78 is 50.0. The van der Waals surface area contributed by atoms with Crippen molar-refractivity contribution in [2.75, 3.05) is 5.32 Å². The molecule has 6 nitrogen and oxygen atoms in total. The first-order chi connectivity index (χ1) is 12.9. The number of carbonyl (C=O) groups is 1. The molecule has 2 heterocycles. The van der Waals surface area contributed by atoms with Crippen LogP contribution in [-0.4, -0.2) is 34.2 Å². The molecule has 28 heavy (non-hydrogen) atoms. The van der Waals surface area contributed by atoms with Crippen LogP contribution in [0.25, 0.3) is 0 Å². The average Bonchev–Trinajstić information content (AvgIpc) is 2.82. The van der Waals surface area contributed by atoms with Crippen LogP contribution in [0.15, 0.2) is 36.5 Å². The van der Waals surface area contributed by atoms with Gasteiger partial charge in [0.25, 0.3) is 5.91 Å². The van der Waals surface area contributed by atoms with E-state index in [0.29, 0.717) is 0 Å². The molecule has 148 valence electrons. The largest absolute Gasteiger partial charge is 0.494 e. The standard InChI is InChI=1S/C18H19BF3N3O3/c1-16(2)17(3,4)28-19(27-16)12-7-5-11(6-8-12)14(26)25-15-23-10-9-13(24-15)18(20,21)22/h5-10H,1-4H3,(H,23,24,25,26). The monoisotopic (exact) mass is 393 g/mol. The van der Waals surface area contributed by atoms with E-state index in [-0.39, 0.29) is 5.56 Å². The SMILES string of the molecule is CC1(C)OB(c2ccc(C(=O)Nc3nccc(C(F)(F)F)n3)cc2)OC1(C)C. The van der Waals surface area contributed by atoms with Gasteiger partial charge in [-0.3, -0.25) is 10.1 Å². The van der Waals surface area contributed by atoms with Crippen molar-refractivity contribution in [1.29, 1.82) is 0 Å². The van der Waals surface area contributed by atoms with Gasteiger partial charge in [0.05, 0.1) is 11.2 Å². The second kappa shape index (κ2) is 6.86. The number of aromatic nitrogens is 2. The van der Waals surface area contributed by atoms with Crippen molar-refractivity contribution < 1.29 is 27.3 Å². The minimum absolute atomic E-state index is 0.237. The smallest absolute Gasteiger partial charge is 0.399 e. The third-order valence-corrected chi connectivity index (χ3v) is 4.87. The fraction of sp³-hybridized carbons (Fsp3) is 0.389. The Morgan fingerprint density at radius 1 is 1.04 bits per heavy atom. The molecule has 1 fully saturated rings. The summed E-state index contributed by atoms with van der Waals surface area (Å²) in [5.41, 5.74) is -1.15. The molecule has 2 aromatic rings. The van der Waals surface area contributed by atoms with Crippen LogP contribution in [0.3, 0.4) is 0 Å². The maximum atomic E-state index is 12.7. The van der Waals surface area contributed by atoms with Crippen molar-refractivity contribution in [1.82, 2.24) is 9.97 Å². The molecule has 1 saturated heterocycles. The number of carbonyl (C=O) groups excluding carboxylic acids is 1. The Morgan fingerprint density at radius 2 is 1.61 bits per heavy atom. The molecule has 0 bridgehead atoms. The van der Waals surface area contributed by atoms with Crippen molar-refractivity contribution >= 4 is 24.4 Å². The summed E-state index contributed by atoms with van der Waals surface area (Å²) in [6, 6.07) is 7.13. The molecule has 0 saturated carbocycles. The zero-order valence-corrected chi connectivity index (χ0v) is 15.8. The van der Waals surface area contributed by atoms with E-state index in [9.17, 15) is 18.0 Å². The molecule has 0 radical (unpaired) electrons. The van der Waals surface area contributed by atoms with Crippen molar-refractivity contribution in [2.24, 2.45) is 0 Å². The minimum atomic E-state index is -4.62. The lowest BCUT2D eigenvalue weighted by Gasteiger charge is -2.32. The summed E-state index contributed by atoms with van der Waals surface area (Å²) in [5.74, 6) is -1.05. The number of hydrogen-bond acceptors (Lipinski definition) is 5. The number of rotatable bonds is 3. The first-order valence-electron chi connectivity index (χ1n) is 8.56. The number of alkyl halides is 3. The molecule has 3 rings (SSSR count). The number of hydrogen-bond donors (Lipinski definition) is 1. The van der Waals surface area contributed by atoms with E-state index < -0.39 is 42.0 Å². The molecule has 0 spiro atoms. The first kappa shape index (κ1) is 20.3. The second-order valence-corrected chi connectivity index (χ2v) is 7.43. The van der Waals surface area contributed by atoms with Gasteiger partial charge < -0.3 is 9.31 Å². The maximum absolute atomic E-state index is 12.7. The van der Waals surface area contributed by atoms with Gasteiger partial charge in [-0.15, -0.1) is 0 Å². The van der Waals surface area contributed by atoms with Crippen LogP contribution < -0.4 is 10.8 Å². The summed E-state index contributed by atoms with van der Waals surface area (Å²) in [4.78, 5) is 19.2. The maximum Gasteiger partial charge on any atom is 0.494 e. The van der Waals surface area contributed by atoms with Gasteiger partial charge >= 0.3 is 13.3 Å². The Labute approximate surface area is 160 Å². The van der Waals surface area contributed by atoms with Crippen LogP contribution in [0.4, 0.5) is 19.1 Å². The molecule has 0 aliphatic carbocycles. The Hall–Kier alpha value is -2.46. The predicted molar refractivity (Wildman–Crippen MR) is 97.1 cm³/mol. The van der Waals surface area contributed by atoms with Crippen molar-refractivity contribution in [3.05, 3.63) is 47.8 Å². The van der Waals surface area contributed by atoms with Crippen LogP contribution in [0, 0.1) is 0 Å². The molecule has 1 aromatic heterocycles. The third kappa shape index (κ3) is 4.02. The van der Waals surface area contributed by atoms with Crippen molar-refractivity contribution in [2.45, 2.75) is 45.1 Å². The van der Waals surface area contributed by atoms with Crippen LogP contribution in [0.1, 0.15) is 43.7 Å². The topological polar surface area (TPSA) is 73.3 Å². The number of nitrogens with one attached hydrogen (secondary N) is 1. The fourth-order valence-electron chi connectivity index (χ4n) is 2.52. The molecule has 1 aliphatic rings. The van der Waals surface area contributed by atoms with Crippen LogP contribution >= 0.6 is 0 Å². The van der Waals surface area contributed by atoms with E-state index in [2.05, 4.69) is 15.3 Å². The van der Waals surface area contributed by atoms with Gasteiger partial charge in [-0.2, -0.15) is 13.2 Å². The highest BCUT2D eigenvalue weighted by atomic mass is 19.4. The van der Waals surface area contributed by atoms with Gasteiger partial charge in [-0.05, 0) is 51.4 Å². The predicted octanol–water partition coefficient (Wildman–Crippen LogP) is 3.05. The van der Waals surface area contributed by atoms with Crippen molar-refractivity contribution in [3.63, 3.8) is 0 Å². The summed E-state index contributed by atoms with van der Waals surface area (Å²) in [5, 5.41) is 2.26. The molecule has 1 aliphatic heterocycles. The van der Waals surface area contributed by atoms with E-state index >= 15 is 0 Å². The normalized spacial score (nSPS) is 18.2. The Kier molecular flexibility index (Phi) is 4.97. The zero-order chi connectivity index (χ0) is 20.7. The van der Waals surface area contributed by atoms with Gasteiger partial charge in [0, 0.05) is 11.8 Å². The lowest BCUT2D eigenvalue weighted by atomic mass is 9.79. The number of halogens is 3. The molecule has 1 amide bonds. The minimum Gasteiger partial charge on any atom is -0.399 e. The summed E-state index contributed by atoms with van der Waals surface area (Å²) in [6.45, 7) is 7.74. The van der Waals surface area contributed by atoms with E-state index in [4.69, 9.17) is 9.31 Å². The van der Waals surface area contributed by atoms with E-state index in [0.717, 1.165) is 17.7 Å². The van der Waals surface area contributed by atoms with Crippen molar-refractivity contribution in [3.8, 4) is 0 Å². The Balaban J connectivity index is 1.71. The number of benzene rings is 1. The number of nitrogens with zero attached hydrogens (tertiary/aromatic N) is 2. The van der Waals surface area contributed by atoms with Gasteiger partial charge in [0.15, 0.2) is 0 Å². The Morgan fingerprint density at radius 3 is 2.14 bits per heavy atom. The van der Waals surface area contributed by atoms with E-state index in [1.54, 1.807) is 12.1 Å². The highest BCUT2D eigenvalue weighted by Gasteiger charge is 2.51. The second-order valence-electron chi connectivity index (χ2n) is 7.43. The van der Waals surface area contributed by atoms with Gasteiger partial charge in [-0.25, -0.2) is 9.97 Å². The quantitative estimate of drug-likeness (QED) is 0.812. The summed E-state index contributed by atoms with van der Waals surface area (Å²) in [6.07, 6.45) is -3.68. The van der Waals surface area contributed by atoms with E-state index in [1.165, 1.54) is 12.1 Å². The van der Waals surface area contributed by atoms with Gasteiger partial charge in [0.2, 0.25) is 5.95 Å². The molecule has 0 unspecified atom stereocenters. The van der Waals surface area contributed by atoms with Crippen LogP contribution in [0.5, 0.6) is 0 Å². The van der Waals surface area contributed by atoms with Crippen LogP contribution in [0.2, 0.25) is 0 Å². The van der Waals surface area contributed by atoms with Gasteiger partial charge in [-0.1, -0.05) is 12.1 Å². The van der Waals surface area contributed by atoms with Crippen LogP contribution in [-0.2, 0) is 15.5 Å². The molecule has 0 atom stereocenters. The van der Waals surface area contributed by atoms with E-state index in [1.807, 2.05) is 27.7 Å². The first-order valence-corrected chi connectivity index (χ1v) is 8.56. The van der Waals surface area contributed by atoms with Gasteiger partial charge in [0.1, 0.15) is 5.69 Å². The zero-order valence-electron chi connectivity index (χ0n) is 15.8. The molecular weight excluding hydrogens is 374 g/mol. The lowest BCUT2D eigenvalue weighted by molar-refractivity contribution is -0.141. The Bertz CT molecular complexity index is 870. The molecule has 1 aromatic carbocycles. The fourth-order valence-corrected chi connectivity index (χ4v) is 2.52. The summed E-state index contributed by atoms with van der Waals surface area (Å²) in [7, 11) is -0.575. The highest BCUT2D eigenvalue weighted by Crippen LogP contribution is 2.36.